The summed E-state index contributed by atoms with van der Waals surface area (Å²) >= 11 is 0. The Balaban J connectivity index is 2.23. The highest BCUT2D eigenvalue weighted by atomic mass is 15.4. The van der Waals surface area contributed by atoms with Gasteiger partial charge in [-0.15, -0.1) is 5.10 Å². The third-order valence-electron chi connectivity index (χ3n) is 2.19. The number of rotatable bonds is 4. The van der Waals surface area contributed by atoms with E-state index in [1.165, 1.54) is 0 Å². The molecule has 96 valence electrons. The van der Waals surface area contributed by atoms with E-state index in [0.717, 1.165) is 0 Å². The van der Waals surface area contributed by atoms with E-state index in [1.54, 1.807) is 15.8 Å². The van der Waals surface area contributed by atoms with Crippen LogP contribution in [0.1, 0.15) is 11.5 Å². The first-order chi connectivity index (χ1) is 8.58. The molecule has 0 radical (unpaired) electrons. The zero-order valence-corrected chi connectivity index (χ0v) is 10.3. The summed E-state index contributed by atoms with van der Waals surface area (Å²) in [5.41, 5.74) is 11.8. The van der Waals surface area contributed by atoms with Gasteiger partial charge in [0.1, 0.15) is 6.54 Å². The second-order valence-electron chi connectivity index (χ2n) is 3.92. The summed E-state index contributed by atoms with van der Waals surface area (Å²) < 4.78 is 1.61. The third kappa shape index (κ3) is 2.69. The van der Waals surface area contributed by atoms with Gasteiger partial charge in [0.15, 0.2) is 5.82 Å². The number of hydrogen-bond acceptors (Lipinski definition) is 8. The van der Waals surface area contributed by atoms with Gasteiger partial charge >= 0.3 is 0 Å². The van der Waals surface area contributed by atoms with Gasteiger partial charge in [0, 0.05) is 20.6 Å². The highest BCUT2D eigenvalue weighted by Gasteiger charge is 2.08. The van der Waals surface area contributed by atoms with Crippen LogP contribution in [0.15, 0.2) is 6.20 Å². The van der Waals surface area contributed by atoms with Gasteiger partial charge in [-0.25, -0.2) is 4.68 Å². The normalized spacial score (nSPS) is 10.6. The second-order valence-corrected chi connectivity index (χ2v) is 3.92. The quantitative estimate of drug-likeness (QED) is 0.679. The van der Waals surface area contributed by atoms with E-state index in [2.05, 4.69) is 25.3 Å². The lowest BCUT2D eigenvalue weighted by Gasteiger charge is -2.11. The average molecular weight is 249 g/mol. The number of nitrogens with two attached hydrogens (primary N) is 2. The monoisotopic (exact) mass is 249 g/mol. The molecule has 0 saturated heterocycles. The highest BCUT2D eigenvalue weighted by molar-refractivity contribution is 5.32. The summed E-state index contributed by atoms with van der Waals surface area (Å²) in [5, 5.41) is 7.80. The van der Waals surface area contributed by atoms with Crippen molar-refractivity contribution in [3.8, 4) is 0 Å². The van der Waals surface area contributed by atoms with E-state index in [4.69, 9.17) is 11.5 Å². The standard InChI is InChI=1S/C9H15N9/c1-17(2)9-13-7(12-8(11)14-9)5-18-4-6(3-10)15-16-18/h4H,3,5,10H2,1-2H3,(H2,11,12,13,14). The predicted octanol–water partition coefficient (Wildman–Crippen LogP) is -1.38. The lowest BCUT2D eigenvalue weighted by atomic mass is 10.5. The lowest BCUT2D eigenvalue weighted by molar-refractivity contribution is 0.622. The zero-order chi connectivity index (χ0) is 13.1. The van der Waals surface area contributed by atoms with Crippen molar-refractivity contribution in [2.75, 3.05) is 24.7 Å². The molecule has 2 aromatic heterocycles. The fourth-order valence-corrected chi connectivity index (χ4v) is 1.35. The summed E-state index contributed by atoms with van der Waals surface area (Å²) in [6.45, 7) is 0.725. The first kappa shape index (κ1) is 12.2. The minimum Gasteiger partial charge on any atom is -0.368 e. The summed E-state index contributed by atoms with van der Waals surface area (Å²) in [7, 11) is 3.67. The van der Waals surface area contributed by atoms with Crippen molar-refractivity contribution >= 4 is 11.9 Å². The van der Waals surface area contributed by atoms with Gasteiger partial charge in [-0.05, 0) is 0 Å². The summed E-state index contributed by atoms with van der Waals surface area (Å²) in [6.07, 6.45) is 1.75. The predicted molar refractivity (Wildman–Crippen MR) is 65.6 cm³/mol. The molecule has 0 atom stereocenters. The summed E-state index contributed by atoms with van der Waals surface area (Å²) in [4.78, 5) is 14.1. The van der Waals surface area contributed by atoms with Crippen LogP contribution in [0, 0.1) is 0 Å². The van der Waals surface area contributed by atoms with Crippen LogP contribution in [0.5, 0.6) is 0 Å². The highest BCUT2D eigenvalue weighted by Crippen LogP contribution is 2.06. The minimum absolute atomic E-state index is 0.183. The Kier molecular flexibility index (Phi) is 3.33. The molecular weight excluding hydrogens is 234 g/mol. The van der Waals surface area contributed by atoms with E-state index in [9.17, 15) is 0 Å². The maximum Gasteiger partial charge on any atom is 0.229 e. The number of hydrogen-bond donors (Lipinski definition) is 2. The Hall–Kier alpha value is -2.29. The molecule has 2 rings (SSSR count). The third-order valence-corrected chi connectivity index (χ3v) is 2.19. The Morgan fingerprint density at radius 3 is 2.67 bits per heavy atom. The molecule has 0 aliphatic heterocycles. The minimum atomic E-state index is 0.183. The molecule has 0 bridgehead atoms. The van der Waals surface area contributed by atoms with Crippen LogP contribution in [0.3, 0.4) is 0 Å². The second kappa shape index (κ2) is 4.92. The molecule has 0 aliphatic rings. The molecule has 0 aromatic carbocycles. The number of nitrogen functional groups attached to an aromatic ring is 1. The summed E-state index contributed by atoms with van der Waals surface area (Å²) in [5.74, 6) is 1.22. The molecule has 18 heavy (non-hydrogen) atoms. The van der Waals surface area contributed by atoms with Crippen LogP contribution in [0.4, 0.5) is 11.9 Å². The van der Waals surface area contributed by atoms with Crippen LogP contribution in [-0.2, 0) is 13.1 Å². The van der Waals surface area contributed by atoms with Crippen LogP contribution in [-0.4, -0.2) is 44.0 Å². The average Bonchev–Trinajstić information content (AvgIpc) is 2.76. The molecule has 0 aliphatic carbocycles. The van der Waals surface area contributed by atoms with Crippen molar-refractivity contribution < 1.29 is 0 Å². The molecule has 0 saturated carbocycles. The van der Waals surface area contributed by atoms with Gasteiger partial charge in [-0.2, -0.15) is 15.0 Å². The van der Waals surface area contributed by atoms with Crippen molar-refractivity contribution in [3.05, 3.63) is 17.7 Å². The van der Waals surface area contributed by atoms with Crippen molar-refractivity contribution in [2.24, 2.45) is 5.73 Å². The maximum absolute atomic E-state index is 5.63. The topological polar surface area (TPSA) is 125 Å². The van der Waals surface area contributed by atoms with Crippen molar-refractivity contribution in [3.63, 3.8) is 0 Å². The van der Waals surface area contributed by atoms with Crippen molar-refractivity contribution in [1.29, 1.82) is 0 Å². The van der Waals surface area contributed by atoms with E-state index < -0.39 is 0 Å². The van der Waals surface area contributed by atoms with Crippen LogP contribution in [0.2, 0.25) is 0 Å². The molecule has 0 amide bonds. The van der Waals surface area contributed by atoms with Crippen molar-refractivity contribution in [2.45, 2.75) is 13.1 Å². The van der Waals surface area contributed by atoms with E-state index >= 15 is 0 Å². The van der Waals surface area contributed by atoms with E-state index in [-0.39, 0.29) is 5.95 Å². The molecule has 2 heterocycles. The summed E-state index contributed by atoms with van der Waals surface area (Å²) in [6, 6.07) is 0. The molecule has 4 N–H and O–H groups in total. The molecular formula is C9H15N9. The smallest absolute Gasteiger partial charge is 0.229 e. The lowest BCUT2D eigenvalue weighted by Crippen LogP contribution is -2.17. The number of nitrogens with zero attached hydrogens (tertiary/aromatic N) is 7. The first-order valence-electron chi connectivity index (χ1n) is 5.35. The van der Waals surface area contributed by atoms with Crippen LogP contribution >= 0.6 is 0 Å². The molecule has 0 spiro atoms. The molecule has 9 heteroatoms. The van der Waals surface area contributed by atoms with Gasteiger partial charge in [-0.1, -0.05) is 5.21 Å². The Morgan fingerprint density at radius 1 is 1.28 bits per heavy atom. The van der Waals surface area contributed by atoms with Gasteiger partial charge in [0.25, 0.3) is 0 Å². The Morgan fingerprint density at radius 2 is 2.06 bits per heavy atom. The zero-order valence-electron chi connectivity index (χ0n) is 10.3. The van der Waals surface area contributed by atoms with Gasteiger partial charge in [0.05, 0.1) is 11.9 Å². The van der Waals surface area contributed by atoms with Gasteiger partial charge in [0.2, 0.25) is 11.9 Å². The molecule has 9 nitrogen and oxygen atoms in total. The molecule has 0 unspecified atom stereocenters. The Labute approximate surface area is 104 Å². The van der Waals surface area contributed by atoms with E-state index in [0.29, 0.717) is 30.6 Å². The van der Waals surface area contributed by atoms with Gasteiger partial charge in [-0.3, -0.25) is 0 Å². The maximum atomic E-state index is 5.63. The molecule has 0 fully saturated rings. The van der Waals surface area contributed by atoms with E-state index in [1.807, 2.05) is 14.1 Å². The van der Waals surface area contributed by atoms with Crippen LogP contribution < -0.4 is 16.4 Å². The molecule has 2 aromatic rings. The fourth-order valence-electron chi connectivity index (χ4n) is 1.35. The number of aromatic nitrogens is 6. The van der Waals surface area contributed by atoms with Crippen molar-refractivity contribution in [1.82, 2.24) is 29.9 Å². The Bertz CT molecular complexity index is 533. The van der Waals surface area contributed by atoms with Gasteiger partial charge < -0.3 is 16.4 Å². The largest absolute Gasteiger partial charge is 0.368 e. The first-order valence-corrected chi connectivity index (χ1v) is 5.35. The fraction of sp³-hybridized carbons (Fsp3) is 0.444. The number of anilines is 2. The SMILES string of the molecule is CN(C)c1nc(N)nc(Cn2cc(CN)nn2)n1. The van der Waals surface area contributed by atoms with Crippen LogP contribution in [0.25, 0.3) is 0 Å².